The van der Waals surface area contributed by atoms with Gasteiger partial charge in [-0.25, -0.2) is 27.7 Å². The standard InChI is InChI=1S/C34H46F5N5O6S/c1-9-18(5)27(42-32(47)34(6)13-11-12-14-43(34)7)30(45)44(8)20(17(3)4)15-21(49-33(48)40-10-2)29-41-19(16-51-29)31(46)50-28-25(38)23(36)22(35)24(37)26(28)39/h16-18,20-21,27H,9-15H2,1-8H3,(H,40,48)(H,42,47)/t18-,20?,21+,27-,34-/m0/s1. The van der Waals surface area contributed by atoms with Gasteiger partial charge in [-0.1, -0.05) is 34.1 Å². The molecule has 0 radical (unpaired) electrons. The summed E-state index contributed by atoms with van der Waals surface area (Å²) in [6.45, 7) is 12.0. The molecule has 1 aromatic heterocycles. The molecule has 1 aliphatic rings. The summed E-state index contributed by atoms with van der Waals surface area (Å²) < 4.78 is 79.4. The molecule has 284 valence electrons. The number of rotatable bonds is 14. The SMILES string of the molecule is CCNC(=O)O[C@H](CC(C(C)C)N(C)C(=O)[C@@H](NC(=O)[C@]1(C)CCCCN1C)[C@@H](C)CC)c1nc(C(=O)Oc2c(F)c(F)c(F)c(F)c2F)cs1. The van der Waals surface area contributed by atoms with E-state index in [1.54, 1.807) is 14.0 Å². The van der Waals surface area contributed by atoms with Crippen LogP contribution in [0, 0.1) is 40.9 Å². The van der Waals surface area contributed by atoms with Crippen LogP contribution in [-0.2, 0) is 14.3 Å². The number of thiazole rings is 1. The molecule has 1 fully saturated rings. The summed E-state index contributed by atoms with van der Waals surface area (Å²) in [7, 11) is 3.47. The second-order valence-corrected chi connectivity index (χ2v) is 14.2. The van der Waals surface area contributed by atoms with Gasteiger partial charge >= 0.3 is 12.1 Å². The summed E-state index contributed by atoms with van der Waals surface area (Å²) in [4.78, 5) is 60.9. The number of likely N-dealkylation sites (tertiary alicyclic amines) is 1. The Balaban J connectivity index is 1.91. The Hall–Kier alpha value is -3.86. The molecule has 1 saturated heterocycles. The van der Waals surface area contributed by atoms with E-state index in [1.165, 1.54) is 4.90 Å². The zero-order valence-electron chi connectivity index (χ0n) is 30.0. The van der Waals surface area contributed by atoms with Crippen molar-refractivity contribution in [2.45, 2.75) is 97.4 Å². The minimum atomic E-state index is -2.42. The Morgan fingerprint density at radius 3 is 2.18 bits per heavy atom. The number of nitrogens with one attached hydrogen (secondary N) is 2. The molecule has 3 rings (SSSR count). The molecule has 0 aliphatic carbocycles. The molecule has 17 heteroatoms. The van der Waals surface area contributed by atoms with Crippen molar-refractivity contribution < 1.29 is 50.6 Å². The van der Waals surface area contributed by atoms with Crippen molar-refractivity contribution in [3.8, 4) is 5.75 Å². The third kappa shape index (κ3) is 9.33. The predicted molar refractivity (Wildman–Crippen MR) is 178 cm³/mol. The molecule has 3 amide bonds. The van der Waals surface area contributed by atoms with Crippen LogP contribution in [0.2, 0.25) is 0 Å². The van der Waals surface area contributed by atoms with Crippen LogP contribution < -0.4 is 15.4 Å². The number of alkyl carbamates (subject to hydrolysis) is 1. The van der Waals surface area contributed by atoms with Crippen LogP contribution in [0.3, 0.4) is 0 Å². The van der Waals surface area contributed by atoms with E-state index < -0.39 is 76.3 Å². The average molecular weight is 748 g/mol. The van der Waals surface area contributed by atoms with E-state index >= 15 is 0 Å². The molecular formula is C34H46F5N5O6S. The maximum atomic E-state index is 14.2. The van der Waals surface area contributed by atoms with E-state index in [9.17, 15) is 41.1 Å². The highest BCUT2D eigenvalue weighted by Crippen LogP contribution is 2.33. The van der Waals surface area contributed by atoms with Gasteiger partial charge in [-0.05, 0) is 58.5 Å². The fraction of sp³-hybridized carbons (Fsp3) is 0.618. The van der Waals surface area contributed by atoms with Crippen molar-refractivity contribution >= 4 is 35.2 Å². The Labute approximate surface area is 298 Å². The number of amides is 3. The van der Waals surface area contributed by atoms with Crippen molar-refractivity contribution in [3.63, 3.8) is 0 Å². The number of aromatic nitrogens is 1. The Bertz CT molecular complexity index is 1570. The van der Waals surface area contributed by atoms with Crippen molar-refractivity contribution in [2.24, 2.45) is 11.8 Å². The van der Waals surface area contributed by atoms with Crippen molar-refractivity contribution in [1.29, 1.82) is 0 Å². The lowest BCUT2D eigenvalue weighted by Gasteiger charge is -2.43. The molecule has 1 unspecified atom stereocenters. The van der Waals surface area contributed by atoms with Gasteiger partial charge in [0.1, 0.15) is 11.0 Å². The first-order chi connectivity index (χ1) is 23.9. The van der Waals surface area contributed by atoms with Gasteiger partial charge in [0, 0.05) is 31.4 Å². The Morgan fingerprint density at radius 2 is 1.63 bits per heavy atom. The quantitative estimate of drug-likeness (QED) is 0.0778. The van der Waals surface area contributed by atoms with Crippen LogP contribution in [0.25, 0.3) is 0 Å². The highest BCUT2D eigenvalue weighted by molar-refractivity contribution is 7.09. The average Bonchev–Trinajstić information content (AvgIpc) is 3.60. The molecule has 2 heterocycles. The lowest BCUT2D eigenvalue weighted by atomic mass is 9.86. The van der Waals surface area contributed by atoms with Crippen molar-refractivity contribution in [1.82, 2.24) is 25.4 Å². The number of nitrogens with zero attached hydrogens (tertiary/aromatic N) is 3. The van der Waals surface area contributed by atoms with E-state index in [0.717, 1.165) is 36.1 Å². The van der Waals surface area contributed by atoms with Gasteiger partial charge in [-0.3, -0.25) is 14.5 Å². The fourth-order valence-corrected chi connectivity index (χ4v) is 6.69. The fourth-order valence-electron chi connectivity index (χ4n) is 5.87. The summed E-state index contributed by atoms with van der Waals surface area (Å²) in [5.41, 5.74) is -1.35. The summed E-state index contributed by atoms with van der Waals surface area (Å²) in [5, 5.41) is 6.65. The lowest BCUT2D eigenvalue weighted by molar-refractivity contribution is -0.143. The largest absolute Gasteiger partial charge is 0.439 e. The number of esters is 1. The molecule has 0 bridgehead atoms. The van der Waals surface area contributed by atoms with Gasteiger partial charge in [0.25, 0.3) is 0 Å². The third-order valence-corrected chi connectivity index (χ3v) is 10.5. The lowest BCUT2D eigenvalue weighted by Crippen LogP contribution is -2.62. The number of piperidine rings is 1. The summed E-state index contributed by atoms with van der Waals surface area (Å²) in [6.07, 6.45) is 1.05. The minimum Gasteiger partial charge on any atom is -0.439 e. The predicted octanol–water partition coefficient (Wildman–Crippen LogP) is 6.12. The van der Waals surface area contributed by atoms with Crippen molar-refractivity contribution in [3.05, 3.63) is 45.2 Å². The topological polar surface area (TPSA) is 130 Å². The van der Waals surface area contributed by atoms with Gasteiger partial charge in [-0.15, -0.1) is 11.3 Å². The molecule has 1 aliphatic heterocycles. The number of benzene rings is 1. The Morgan fingerprint density at radius 1 is 1.02 bits per heavy atom. The number of hydrogen-bond acceptors (Lipinski definition) is 9. The van der Waals surface area contributed by atoms with E-state index in [0.29, 0.717) is 12.8 Å². The van der Waals surface area contributed by atoms with Gasteiger partial charge in [0.05, 0.1) is 5.54 Å². The first-order valence-electron chi connectivity index (χ1n) is 16.8. The zero-order chi connectivity index (χ0) is 38.4. The maximum absolute atomic E-state index is 14.2. The summed E-state index contributed by atoms with van der Waals surface area (Å²) in [5.74, 6) is -16.1. The van der Waals surface area contributed by atoms with Gasteiger partial charge in [-0.2, -0.15) is 8.78 Å². The molecule has 2 N–H and O–H groups in total. The van der Waals surface area contributed by atoms with Crippen LogP contribution >= 0.6 is 11.3 Å². The Kier molecular flexibility index (Phi) is 14.3. The molecule has 11 nitrogen and oxygen atoms in total. The number of ether oxygens (including phenoxy) is 2. The van der Waals surface area contributed by atoms with Gasteiger partial charge in [0.15, 0.2) is 11.8 Å². The van der Waals surface area contributed by atoms with Crippen LogP contribution in [0.4, 0.5) is 26.7 Å². The van der Waals surface area contributed by atoms with Gasteiger partial charge < -0.3 is 25.0 Å². The summed E-state index contributed by atoms with van der Waals surface area (Å²) in [6, 6.07) is -1.48. The normalized spacial score (nSPS) is 18.8. The third-order valence-electron chi connectivity index (χ3n) is 9.52. The molecule has 0 spiro atoms. The van der Waals surface area contributed by atoms with E-state index in [4.69, 9.17) is 4.74 Å². The second kappa shape index (κ2) is 17.6. The first-order valence-corrected chi connectivity index (χ1v) is 17.7. The molecular weight excluding hydrogens is 701 g/mol. The number of carbonyl (C=O) groups is 4. The molecule has 51 heavy (non-hydrogen) atoms. The number of halogens is 5. The van der Waals surface area contributed by atoms with Crippen molar-refractivity contribution in [2.75, 3.05) is 27.2 Å². The number of carbonyl (C=O) groups excluding carboxylic acids is 4. The highest BCUT2D eigenvalue weighted by atomic mass is 32.1. The first kappa shape index (κ1) is 41.6. The highest BCUT2D eigenvalue weighted by Gasteiger charge is 2.43. The molecule has 5 atom stereocenters. The smallest absolute Gasteiger partial charge is 0.407 e. The van der Waals surface area contributed by atoms with E-state index in [2.05, 4.69) is 20.4 Å². The molecule has 0 saturated carbocycles. The van der Waals surface area contributed by atoms with Crippen LogP contribution in [0.15, 0.2) is 5.38 Å². The monoisotopic (exact) mass is 747 g/mol. The molecule has 1 aromatic carbocycles. The van der Waals surface area contributed by atoms with Crippen LogP contribution in [0.1, 0.15) is 95.2 Å². The van der Waals surface area contributed by atoms with E-state index in [-0.39, 0.29) is 41.6 Å². The maximum Gasteiger partial charge on any atom is 0.407 e. The second-order valence-electron chi connectivity index (χ2n) is 13.3. The summed E-state index contributed by atoms with van der Waals surface area (Å²) >= 11 is 0.809. The number of hydrogen-bond donors (Lipinski definition) is 2. The van der Waals surface area contributed by atoms with Crippen LogP contribution in [-0.4, -0.2) is 83.5 Å². The zero-order valence-corrected chi connectivity index (χ0v) is 30.8. The van der Waals surface area contributed by atoms with E-state index in [1.807, 2.05) is 46.6 Å². The number of likely N-dealkylation sites (N-methyl/N-ethyl adjacent to an activating group) is 2. The molecule has 2 aromatic rings. The van der Waals surface area contributed by atoms with Crippen LogP contribution in [0.5, 0.6) is 5.75 Å². The van der Waals surface area contributed by atoms with Gasteiger partial charge in [0.2, 0.25) is 46.6 Å². The minimum absolute atomic E-state index is 0.0251.